The molecule has 3 fully saturated rings. The predicted octanol–water partition coefficient (Wildman–Crippen LogP) is 1.37. The van der Waals surface area contributed by atoms with E-state index < -0.39 is 0 Å². The van der Waals surface area contributed by atoms with Gasteiger partial charge in [0.25, 0.3) is 0 Å². The molecule has 2 atom stereocenters. The summed E-state index contributed by atoms with van der Waals surface area (Å²) in [6, 6.07) is 2.80. The lowest BCUT2D eigenvalue weighted by atomic mass is 9.94. The molecule has 0 amide bonds. The van der Waals surface area contributed by atoms with Gasteiger partial charge in [-0.2, -0.15) is 0 Å². The van der Waals surface area contributed by atoms with Crippen molar-refractivity contribution in [1.82, 2.24) is 10.2 Å². The van der Waals surface area contributed by atoms with Crippen molar-refractivity contribution in [1.29, 1.82) is 0 Å². The lowest BCUT2D eigenvalue weighted by molar-refractivity contribution is 0.0846. The second-order valence-electron chi connectivity index (χ2n) is 4.91. The van der Waals surface area contributed by atoms with Gasteiger partial charge in [-0.1, -0.05) is 6.42 Å². The highest BCUT2D eigenvalue weighted by atomic mass is 15.3. The molecule has 74 valence electrons. The van der Waals surface area contributed by atoms with Crippen LogP contribution in [0.1, 0.15) is 38.5 Å². The summed E-state index contributed by atoms with van der Waals surface area (Å²) in [6.45, 7) is 2.51. The summed E-state index contributed by atoms with van der Waals surface area (Å²) in [4.78, 5) is 2.86. The van der Waals surface area contributed by atoms with Crippen molar-refractivity contribution in [3.63, 3.8) is 0 Å². The van der Waals surface area contributed by atoms with Crippen molar-refractivity contribution in [3.05, 3.63) is 0 Å². The zero-order valence-corrected chi connectivity index (χ0v) is 8.34. The van der Waals surface area contributed by atoms with Gasteiger partial charge in [0.1, 0.15) is 0 Å². The maximum Gasteiger partial charge on any atom is 0.0226 e. The van der Waals surface area contributed by atoms with E-state index in [2.05, 4.69) is 10.2 Å². The van der Waals surface area contributed by atoms with Crippen LogP contribution in [-0.2, 0) is 0 Å². The second kappa shape index (κ2) is 3.25. The molecule has 0 spiro atoms. The lowest BCUT2D eigenvalue weighted by Crippen LogP contribution is -2.48. The SMILES string of the molecule is C1C[C@H]2CCNC[C@H](C1)N2C1CC1. The third kappa shape index (κ3) is 1.50. The second-order valence-corrected chi connectivity index (χ2v) is 4.91. The Morgan fingerprint density at radius 2 is 1.62 bits per heavy atom. The zero-order valence-electron chi connectivity index (χ0n) is 8.34. The third-order valence-corrected chi connectivity index (χ3v) is 3.92. The molecular formula is C11H20N2. The van der Waals surface area contributed by atoms with Crippen LogP contribution in [0, 0.1) is 0 Å². The molecule has 2 nitrogen and oxygen atoms in total. The van der Waals surface area contributed by atoms with Gasteiger partial charge in [0, 0.05) is 24.7 Å². The van der Waals surface area contributed by atoms with Crippen LogP contribution in [0.2, 0.25) is 0 Å². The summed E-state index contributed by atoms with van der Waals surface area (Å²) >= 11 is 0. The normalized spacial score (nSPS) is 41.5. The van der Waals surface area contributed by atoms with Gasteiger partial charge in [-0.05, 0) is 38.6 Å². The van der Waals surface area contributed by atoms with E-state index in [1.165, 1.54) is 51.6 Å². The van der Waals surface area contributed by atoms with Crippen LogP contribution in [0.4, 0.5) is 0 Å². The Morgan fingerprint density at radius 1 is 0.846 bits per heavy atom. The number of fused-ring (bicyclic) bond motifs is 2. The van der Waals surface area contributed by atoms with E-state index in [1.54, 1.807) is 0 Å². The fourth-order valence-electron chi connectivity index (χ4n) is 3.19. The van der Waals surface area contributed by atoms with E-state index in [0.717, 1.165) is 18.1 Å². The Morgan fingerprint density at radius 3 is 2.46 bits per heavy atom. The maximum absolute atomic E-state index is 3.59. The zero-order chi connectivity index (χ0) is 8.67. The smallest absolute Gasteiger partial charge is 0.0226 e. The number of nitrogens with zero attached hydrogens (tertiary/aromatic N) is 1. The van der Waals surface area contributed by atoms with Gasteiger partial charge in [-0.15, -0.1) is 0 Å². The number of rotatable bonds is 1. The van der Waals surface area contributed by atoms with E-state index in [9.17, 15) is 0 Å². The van der Waals surface area contributed by atoms with Crippen LogP contribution in [0.15, 0.2) is 0 Å². The molecular weight excluding hydrogens is 160 g/mol. The van der Waals surface area contributed by atoms with Gasteiger partial charge >= 0.3 is 0 Å². The molecule has 0 aromatic rings. The molecule has 3 rings (SSSR count). The largest absolute Gasteiger partial charge is 0.315 e. The van der Waals surface area contributed by atoms with Crippen molar-refractivity contribution in [2.75, 3.05) is 13.1 Å². The van der Waals surface area contributed by atoms with Gasteiger partial charge in [0.05, 0.1) is 0 Å². The fourth-order valence-corrected chi connectivity index (χ4v) is 3.19. The van der Waals surface area contributed by atoms with E-state index in [4.69, 9.17) is 0 Å². The van der Waals surface area contributed by atoms with Gasteiger partial charge in [0.15, 0.2) is 0 Å². The summed E-state index contributed by atoms with van der Waals surface area (Å²) in [5.41, 5.74) is 0. The van der Waals surface area contributed by atoms with Gasteiger partial charge < -0.3 is 5.32 Å². The van der Waals surface area contributed by atoms with Crippen molar-refractivity contribution in [3.8, 4) is 0 Å². The van der Waals surface area contributed by atoms with Gasteiger partial charge in [-0.25, -0.2) is 0 Å². The minimum Gasteiger partial charge on any atom is -0.315 e. The summed E-state index contributed by atoms with van der Waals surface area (Å²) in [7, 11) is 0. The first kappa shape index (κ1) is 8.25. The molecule has 2 bridgehead atoms. The highest BCUT2D eigenvalue weighted by molar-refractivity contribution is 4.97. The average molecular weight is 180 g/mol. The van der Waals surface area contributed by atoms with Gasteiger partial charge in [-0.3, -0.25) is 4.90 Å². The van der Waals surface area contributed by atoms with Crippen LogP contribution >= 0.6 is 0 Å². The molecule has 0 radical (unpaired) electrons. The highest BCUT2D eigenvalue weighted by Gasteiger charge is 2.40. The first-order chi connectivity index (χ1) is 6.45. The molecule has 2 aliphatic heterocycles. The predicted molar refractivity (Wildman–Crippen MR) is 53.8 cm³/mol. The molecule has 1 aliphatic carbocycles. The quantitative estimate of drug-likeness (QED) is 0.655. The van der Waals surface area contributed by atoms with Crippen molar-refractivity contribution in [2.24, 2.45) is 0 Å². The minimum atomic E-state index is 0.883. The standard InChI is InChI=1S/C11H20N2/c1-2-9-6-7-12-8-11(3-1)13(9)10-4-5-10/h9-12H,1-8H2/t9-,11-/m0/s1. The Bertz CT molecular complexity index is 175. The Kier molecular flexibility index (Phi) is 2.06. The molecule has 2 heteroatoms. The summed E-state index contributed by atoms with van der Waals surface area (Å²) in [6.07, 6.45) is 8.74. The molecule has 1 N–H and O–H groups in total. The van der Waals surface area contributed by atoms with Crippen LogP contribution in [0.3, 0.4) is 0 Å². The van der Waals surface area contributed by atoms with Crippen molar-refractivity contribution in [2.45, 2.75) is 56.7 Å². The first-order valence-electron chi connectivity index (χ1n) is 5.93. The Hall–Kier alpha value is -0.0800. The molecule has 1 saturated carbocycles. The summed E-state index contributed by atoms with van der Waals surface area (Å²) in [5, 5.41) is 3.59. The van der Waals surface area contributed by atoms with E-state index >= 15 is 0 Å². The topological polar surface area (TPSA) is 15.3 Å². The number of nitrogens with one attached hydrogen (secondary N) is 1. The molecule has 13 heavy (non-hydrogen) atoms. The third-order valence-electron chi connectivity index (χ3n) is 3.92. The molecule has 2 heterocycles. The average Bonchev–Trinajstić information content (AvgIpc) is 2.93. The van der Waals surface area contributed by atoms with Crippen LogP contribution in [0.25, 0.3) is 0 Å². The van der Waals surface area contributed by atoms with Crippen molar-refractivity contribution >= 4 is 0 Å². The molecule has 0 unspecified atom stereocenters. The summed E-state index contributed by atoms with van der Waals surface area (Å²) in [5.74, 6) is 0. The lowest BCUT2D eigenvalue weighted by Gasteiger charge is -2.40. The Labute approximate surface area is 80.7 Å². The summed E-state index contributed by atoms with van der Waals surface area (Å²) < 4.78 is 0. The van der Waals surface area contributed by atoms with E-state index in [1.807, 2.05) is 0 Å². The fraction of sp³-hybridized carbons (Fsp3) is 1.00. The highest BCUT2D eigenvalue weighted by Crippen LogP contribution is 2.37. The van der Waals surface area contributed by atoms with E-state index in [-0.39, 0.29) is 0 Å². The van der Waals surface area contributed by atoms with Crippen molar-refractivity contribution < 1.29 is 0 Å². The van der Waals surface area contributed by atoms with E-state index in [0.29, 0.717) is 0 Å². The maximum atomic E-state index is 3.59. The molecule has 0 aromatic heterocycles. The van der Waals surface area contributed by atoms with Crippen LogP contribution in [0.5, 0.6) is 0 Å². The molecule has 0 aromatic carbocycles. The van der Waals surface area contributed by atoms with Crippen LogP contribution < -0.4 is 5.32 Å². The monoisotopic (exact) mass is 180 g/mol. The number of hydrogen-bond donors (Lipinski definition) is 1. The molecule has 3 aliphatic rings. The minimum absolute atomic E-state index is 0.883. The number of hydrogen-bond acceptors (Lipinski definition) is 2. The Balaban J connectivity index is 1.79. The first-order valence-corrected chi connectivity index (χ1v) is 5.93. The number of piperidine rings is 1. The van der Waals surface area contributed by atoms with Gasteiger partial charge in [0.2, 0.25) is 0 Å². The molecule has 2 saturated heterocycles. The van der Waals surface area contributed by atoms with Crippen LogP contribution in [-0.4, -0.2) is 36.1 Å².